The first-order chi connectivity index (χ1) is 32.7. The van der Waals surface area contributed by atoms with Gasteiger partial charge in [0.25, 0.3) is 0 Å². The molecule has 332 valence electrons. The highest BCUT2D eigenvalue weighted by Crippen LogP contribution is 2.58. The van der Waals surface area contributed by atoms with Crippen molar-refractivity contribution in [2.45, 2.75) is 78.6 Å². The van der Waals surface area contributed by atoms with Crippen LogP contribution in [0.25, 0.3) is 66.8 Å². The van der Waals surface area contributed by atoms with Gasteiger partial charge in [-0.15, -0.1) is 0 Å². The smallest absolute Gasteiger partial charge is 0.152 e. The second-order valence-corrected chi connectivity index (χ2v) is 21.5. The van der Waals surface area contributed by atoms with Gasteiger partial charge in [0.05, 0.1) is 17.1 Å². The highest BCUT2D eigenvalue weighted by atomic mass is 16.5. The van der Waals surface area contributed by atoms with E-state index in [1.165, 1.54) is 94.6 Å². The van der Waals surface area contributed by atoms with E-state index in [9.17, 15) is 0 Å². The molecular formula is C66H57NO. The lowest BCUT2D eigenvalue weighted by Gasteiger charge is -2.37. The standard InChI is InChI=1S/C66H57NO/c1-40-18-10-12-20-47(40)53-38-46(64(3,4)5)39-54(48-21-13-11-19-41(48)2)63(53)67-59-32-28-44(42-26-30-51-49-22-14-16-24-55(49)65(6,7)57(51)34-42)36-61(59)68-62-37-45(29-33-60(62)67)43-27-31-52-50-23-15-17-25-56(50)66(8,9)58(52)35-43/h10-39H,1-9H3. The average Bonchev–Trinajstić information content (AvgIpc) is 3.71. The number of nitrogens with zero attached hydrogens (tertiary/aromatic N) is 1. The van der Waals surface area contributed by atoms with Crippen molar-refractivity contribution in [3.05, 3.63) is 221 Å². The molecule has 2 aliphatic carbocycles. The Morgan fingerprint density at radius 2 is 0.735 bits per heavy atom. The summed E-state index contributed by atoms with van der Waals surface area (Å²) in [5, 5.41) is 0. The van der Waals surface area contributed by atoms with E-state index < -0.39 is 0 Å². The van der Waals surface area contributed by atoms with Gasteiger partial charge in [-0.05, 0) is 162 Å². The number of rotatable bonds is 5. The van der Waals surface area contributed by atoms with Crippen LogP contribution >= 0.6 is 0 Å². The van der Waals surface area contributed by atoms with E-state index in [1.807, 2.05) is 0 Å². The number of anilines is 3. The van der Waals surface area contributed by atoms with Crippen molar-refractivity contribution < 1.29 is 4.74 Å². The predicted molar refractivity (Wildman–Crippen MR) is 286 cm³/mol. The second-order valence-electron chi connectivity index (χ2n) is 21.5. The lowest BCUT2D eigenvalue weighted by atomic mass is 9.80. The molecule has 0 saturated heterocycles. The molecule has 0 aromatic heterocycles. The van der Waals surface area contributed by atoms with Gasteiger partial charge in [0.2, 0.25) is 0 Å². The number of aryl methyl sites for hydroxylation is 2. The van der Waals surface area contributed by atoms with Gasteiger partial charge < -0.3 is 9.64 Å². The molecule has 0 radical (unpaired) electrons. The summed E-state index contributed by atoms with van der Waals surface area (Å²) in [7, 11) is 0. The van der Waals surface area contributed by atoms with Crippen LogP contribution in [0, 0.1) is 13.8 Å². The third-order valence-corrected chi connectivity index (χ3v) is 15.5. The fourth-order valence-corrected chi connectivity index (χ4v) is 11.6. The highest BCUT2D eigenvalue weighted by molar-refractivity contribution is 6.02. The minimum atomic E-state index is -0.106. The van der Waals surface area contributed by atoms with E-state index in [2.05, 4.69) is 249 Å². The Kier molecular flexibility index (Phi) is 9.29. The minimum Gasteiger partial charge on any atom is -0.453 e. The first kappa shape index (κ1) is 42.0. The fraction of sp³-hybridized carbons (Fsp3) is 0.182. The third kappa shape index (κ3) is 6.37. The first-order valence-corrected chi connectivity index (χ1v) is 24.2. The molecule has 1 aliphatic heterocycles. The second kappa shape index (κ2) is 15.0. The third-order valence-electron chi connectivity index (χ3n) is 15.5. The Morgan fingerprint density at radius 3 is 1.16 bits per heavy atom. The van der Waals surface area contributed by atoms with Gasteiger partial charge in [-0.3, -0.25) is 0 Å². The van der Waals surface area contributed by atoms with Crippen LogP contribution in [0.2, 0.25) is 0 Å². The summed E-state index contributed by atoms with van der Waals surface area (Å²) in [6, 6.07) is 68.1. The Morgan fingerprint density at radius 1 is 0.368 bits per heavy atom. The van der Waals surface area contributed by atoms with E-state index in [0.29, 0.717) is 0 Å². The van der Waals surface area contributed by atoms with E-state index in [4.69, 9.17) is 4.74 Å². The summed E-state index contributed by atoms with van der Waals surface area (Å²) in [6.45, 7) is 20.9. The van der Waals surface area contributed by atoms with Crippen molar-refractivity contribution in [2.75, 3.05) is 4.90 Å². The van der Waals surface area contributed by atoms with Crippen molar-refractivity contribution in [3.8, 4) is 78.3 Å². The van der Waals surface area contributed by atoms with Crippen LogP contribution < -0.4 is 9.64 Å². The molecule has 0 N–H and O–H groups in total. The number of hydrogen-bond acceptors (Lipinski definition) is 2. The fourth-order valence-electron chi connectivity index (χ4n) is 11.6. The summed E-state index contributed by atoms with van der Waals surface area (Å²) in [6.07, 6.45) is 0. The molecule has 0 saturated carbocycles. The van der Waals surface area contributed by atoms with Crippen LogP contribution in [0.15, 0.2) is 182 Å². The van der Waals surface area contributed by atoms with Crippen LogP contribution in [0.5, 0.6) is 11.5 Å². The van der Waals surface area contributed by atoms with Crippen LogP contribution in [-0.4, -0.2) is 0 Å². The molecule has 0 unspecified atom stereocenters. The highest BCUT2D eigenvalue weighted by Gasteiger charge is 2.38. The van der Waals surface area contributed by atoms with Crippen LogP contribution in [-0.2, 0) is 16.2 Å². The molecule has 0 amide bonds. The van der Waals surface area contributed by atoms with Gasteiger partial charge in [-0.2, -0.15) is 0 Å². The summed E-state index contributed by atoms with van der Waals surface area (Å²) >= 11 is 0. The zero-order valence-electron chi connectivity index (χ0n) is 40.7. The molecule has 0 spiro atoms. The van der Waals surface area contributed by atoms with E-state index >= 15 is 0 Å². The Labute approximate surface area is 402 Å². The van der Waals surface area contributed by atoms with E-state index in [0.717, 1.165) is 39.7 Å². The largest absolute Gasteiger partial charge is 0.453 e. The molecule has 2 nitrogen and oxygen atoms in total. The number of benzene rings is 9. The van der Waals surface area contributed by atoms with Gasteiger partial charge in [0, 0.05) is 22.0 Å². The van der Waals surface area contributed by atoms with Crippen LogP contribution in [0.4, 0.5) is 17.1 Å². The summed E-state index contributed by atoms with van der Waals surface area (Å²) in [5.74, 6) is 1.65. The maximum Gasteiger partial charge on any atom is 0.152 e. The predicted octanol–water partition coefficient (Wildman–Crippen LogP) is 18.5. The maximum absolute atomic E-state index is 7.30. The maximum atomic E-state index is 7.30. The molecule has 1 heterocycles. The Balaban J connectivity index is 1.09. The molecule has 2 heteroatoms. The number of ether oxygens (including phenoxy) is 1. The topological polar surface area (TPSA) is 12.5 Å². The molecular weight excluding hydrogens is 823 g/mol. The lowest BCUT2D eigenvalue weighted by molar-refractivity contribution is 0.477. The lowest BCUT2D eigenvalue weighted by Crippen LogP contribution is -2.19. The molecule has 9 aromatic carbocycles. The number of hydrogen-bond donors (Lipinski definition) is 0. The summed E-state index contributed by atoms with van der Waals surface area (Å²) in [5.41, 5.74) is 26.8. The van der Waals surface area contributed by atoms with E-state index in [-0.39, 0.29) is 16.2 Å². The van der Waals surface area contributed by atoms with Gasteiger partial charge >= 0.3 is 0 Å². The van der Waals surface area contributed by atoms with Gasteiger partial charge in [0.1, 0.15) is 0 Å². The molecule has 9 aromatic rings. The molecule has 68 heavy (non-hydrogen) atoms. The minimum absolute atomic E-state index is 0.102. The van der Waals surface area contributed by atoms with Crippen LogP contribution in [0.3, 0.4) is 0 Å². The summed E-state index contributed by atoms with van der Waals surface area (Å²) < 4.78 is 7.30. The average molecular weight is 880 g/mol. The molecule has 0 fully saturated rings. The van der Waals surface area contributed by atoms with Crippen molar-refractivity contribution in [2.24, 2.45) is 0 Å². The molecule has 3 aliphatic rings. The molecule has 12 rings (SSSR count). The molecule has 0 atom stereocenters. The zero-order chi connectivity index (χ0) is 46.9. The van der Waals surface area contributed by atoms with Gasteiger partial charge in [-0.25, -0.2) is 0 Å². The van der Waals surface area contributed by atoms with Crippen molar-refractivity contribution in [3.63, 3.8) is 0 Å². The Bertz CT molecular complexity index is 3330. The Hall–Kier alpha value is -7.42. The number of fused-ring (bicyclic) bond motifs is 8. The van der Waals surface area contributed by atoms with Crippen molar-refractivity contribution in [1.29, 1.82) is 0 Å². The quantitative estimate of drug-likeness (QED) is 0.171. The van der Waals surface area contributed by atoms with Gasteiger partial charge in [0.15, 0.2) is 11.5 Å². The first-order valence-electron chi connectivity index (χ1n) is 24.2. The van der Waals surface area contributed by atoms with Gasteiger partial charge in [-0.1, -0.05) is 182 Å². The summed E-state index contributed by atoms with van der Waals surface area (Å²) in [4.78, 5) is 2.50. The van der Waals surface area contributed by atoms with Crippen molar-refractivity contribution in [1.82, 2.24) is 0 Å². The monoisotopic (exact) mass is 879 g/mol. The normalized spacial score (nSPS) is 14.6. The van der Waals surface area contributed by atoms with E-state index in [1.54, 1.807) is 0 Å². The SMILES string of the molecule is Cc1ccccc1-c1cc(C(C)(C)C)cc(-c2ccccc2C)c1N1c2ccc(-c3ccc4c(c3)C(C)(C)c3ccccc3-4)cc2Oc2cc(-c3ccc4c(c3)C(C)(C)c3ccccc3-4)ccc21. The van der Waals surface area contributed by atoms with Crippen molar-refractivity contribution >= 4 is 17.1 Å². The zero-order valence-corrected chi connectivity index (χ0v) is 40.7. The van der Waals surface area contributed by atoms with Crippen LogP contribution in [0.1, 0.15) is 87.4 Å². The molecule has 0 bridgehead atoms.